The standard InChI is InChI=1S/C17H26FNO4Si/c1-17(2,3)24(4,5)23-15(11-20)14(19-16(21)22)10-12-7-6-8-13(18)9-12/h6-9,11,14-15,19H,10H2,1-5H3,(H,21,22)/t14-,15+/m0/s1. The zero-order valence-electron chi connectivity index (χ0n) is 14.8. The lowest BCUT2D eigenvalue weighted by Crippen LogP contribution is -2.53. The minimum absolute atomic E-state index is 0.124. The van der Waals surface area contributed by atoms with Crippen LogP contribution in [0.15, 0.2) is 24.3 Å². The second kappa shape index (κ2) is 7.89. The monoisotopic (exact) mass is 355 g/mol. The molecule has 1 aromatic rings. The number of carbonyl (C=O) groups excluding carboxylic acids is 1. The molecule has 0 saturated carbocycles. The first-order chi connectivity index (χ1) is 11.0. The van der Waals surface area contributed by atoms with E-state index in [1.54, 1.807) is 12.1 Å². The molecule has 1 rings (SSSR count). The van der Waals surface area contributed by atoms with Crippen molar-refractivity contribution in [1.29, 1.82) is 0 Å². The van der Waals surface area contributed by atoms with Gasteiger partial charge in [0, 0.05) is 0 Å². The van der Waals surface area contributed by atoms with Crippen LogP contribution in [0.1, 0.15) is 26.3 Å². The van der Waals surface area contributed by atoms with Gasteiger partial charge in [-0.2, -0.15) is 0 Å². The Bertz CT molecular complexity index is 586. The van der Waals surface area contributed by atoms with Gasteiger partial charge in [-0.25, -0.2) is 9.18 Å². The summed E-state index contributed by atoms with van der Waals surface area (Å²) in [6.45, 7) is 10.1. The van der Waals surface area contributed by atoms with Crippen molar-refractivity contribution < 1.29 is 23.5 Å². The van der Waals surface area contributed by atoms with Crippen molar-refractivity contribution in [3.05, 3.63) is 35.6 Å². The fraction of sp³-hybridized carbons (Fsp3) is 0.529. The molecule has 0 spiro atoms. The normalized spacial score (nSPS) is 14.8. The maximum Gasteiger partial charge on any atom is 0.404 e. The van der Waals surface area contributed by atoms with Crippen LogP contribution in [-0.2, 0) is 15.6 Å². The first-order valence-corrected chi connectivity index (χ1v) is 10.7. The second-order valence-electron chi connectivity index (χ2n) is 7.37. The first kappa shape index (κ1) is 20.3. The molecule has 0 aromatic heterocycles. The highest BCUT2D eigenvalue weighted by molar-refractivity contribution is 6.74. The Hall–Kier alpha value is -1.73. The molecule has 0 saturated heterocycles. The molecule has 2 N–H and O–H groups in total. The molecule has 0 radical (unpaired) electrons. The predicted octanol–water partition coefficient (Wildman–Crippen LogP) is 3.59. The summed E-state index contributed by atoms with van der Waals surface area (Å²) in [6.07, 6.45) is -1.38. The van der Waals surface area contributed by atoms with Gasteiger partial charge in [-0.1, -0.05) is 32.9 Å². The summed E-state index contributed by atoms with van der Waals surface area (Å²) < 4.78 is 19.4. The van der Waals surface area contributed by atoms with Crippen molar-refractivity contribution in [2.75, 3.05) is 0 Å². The first-order valence-electron chi connectivity index (χ1n) is 7.83. The Balaban J connectivity index is 3.03. The predicted molar refractivity (Wildman–Crippen MR) is 93.2 cm³/mol. The van der Waals surface area contributed by atoms with Crippen molar-refractivity contribution in [2.24, 2.45) is 0 Å². The molecule has 1 amide bonds. The van der Waals surface area contributed by atoms with E-state index in [1.165, 1.54) is 12.1 Å². The summed E-state index contributed by atoms with van der Waals surface area (Å²) in [5.74, 6) is -0.408. The van der Waals surface area contributed by atoms with Crippen LogP contribution in [0.2, 0.25) is 18.1 Å². The molecule has 134 valence electrons. The van der Waals surface area contributed by atoms with Crippen molar-refractivity contribution in [1.82, 2.24) is 5.32 Å². The Morgan fingerprint density at radius 2 is 2.04 bits per heavy atom. The summed E-state index contributed by atoms with van der Waals surface area (Å²) in [6, 6.07) is 5.09. The van der Waals surface area contributed by atoms with Gasteiger partial charge in [0.15, 0.2) is 8.32 Å². The molecule has 5 nitrogen and oxygen atoms in total. The lowest BCUT2D eigenvalue weighted by atomic mass is 10.0. The molecule has 7 heteroatoms. The number of halogens is 1. The average Bonchev–Trinajstić information content (AvgIpc) is 2.42. The van der Waals surface area contributed by atoms with Gasteiger partial charge in [0.1, 0.15) is 18.2 Å². The van der Waals surface area contributed by atoms with Crippen LogP contribution in [0, 0.1) is 5.82 Å². The molecule has 24 heavy (non-hydrogen) atoms. The Labute approximate surface area is 143 Å². The van der Waals surface area contributed by atoms with E-state index in [-0.39, 0.29) is 11.5 Å². The van der Waals surface area contributed by atoms with Crippen LogP contribution in [0.4, 0.5) is 9.18 Å². The number of hydrogen-bond donors (Lipinski definition) is 2. The number of nitrogens with one attached hydrogen (secondary N) is 1. The van der Waals surface area contributed by atoms with Gasteiger partial charge in [-0.15, -0.1) is 0 Å². The highest BCUT2D eigenvalue weighted by Gasteiger charge is 2.41. The molecular weight excluding hydrogens is 329 g/mol. The Morgan fingerprint density at radius 3 is 2.50 bits per heavy atom. The maximum absolute atomic E-state index is 13.4. The van der Waals surface area contributed by atoms with Gasteiger partial charge in [-0.05, 0) is 42.2 Å². The van der Waals surface area contributed by atoms with Crippen LogP contribution in [0.5, 0.6) is 0 Å². The summed E-state index contributed by atoms with van der Waals surface area (Å²) in [5, 5.41) is 11.3. The number of carboxylic acid groups (broad SMARTS) is 1. The van der Waals surface area contributed by atoms with Crippen molar-refractivity contribution in [3.63, 3.8) is 0 Å². The quantitative estimate of drug-likeness (QED) is 0.579. The van der Waals surface area contributed by atoms with Crippen LogP contribution in [-0.4, -0.2) is 37.9 Å². The van der Waals surface area contributed by atoms with Gasteiger partial charge < -0.3 is 19.6 Å². The van der Waals surface area contributed by atoms with E-state index >= 15 is 0 Å². The Kier molecular flexibility index (Phi) is 6.68. The van der Waals surface area contributed by atoms with E-state index in [1.807, 2.05) is 33.9 Å². The number of benzene rings is 1. The van der Waals surface area contributed by atoms with Crippen molar-refractivity contribution in [3.8, 4) is 0 Å². The van der Waals surface area contributed by atoms with E-state index in [0.29, 0.717) is 11.8 Å². The highest BCUT2D eigenvalue weighted by atomic mass is 28.4. The van der Waals surface area contributed by atoms with Crippen LogP contribution in [0.3, 0.4) is 0 Å². The molecular formula is C17H26FNO4Si. The summed E-state index contributed by atoms with van der Waals surface area (Å²) in [4.78, 5) is 22.7. The lowest BCUT2D eigenvalue weighted by molar-refractivity contribution is -0.115. The minimum atomic E-state index is -2.27. The van der Waals surface area contributed by atoms with E-state index in [0.717, 1.165) is 0 Å². The number of carbonyl (C=O) groups is 2. The van der Waals surface area contributed by atoms with Gasteiger partial charge >= 0.3 is 6.09 Å². The Morgan fingerprint density at radius 1 is 1.42 bits per heavy atom. The van der Waals surface area contributed by atoms with Gasteiger partial charge in [0.05, 0.1) is 6.04 Å². The molecule has 0 aliphatic heterocycles. The molecule has 0 fully saturated rings. The molecule has 0 bridgehead atoms. The van der Waals surface area contributed by atoms with Gasteiger partial charge in [-0.3, -0.25) is 0 Å². The van der Waals surface area contributed by atoms with E-state index in [9.17, 15) is 14.0 Å². The third-order valence-electron chi connectivity index (χ3n) is 4.42. The highest BCUT2D eigenvalue weighted by Crippen LogP contribution is 2.37. The summed E-state index contributed by atoms with van der Waals surface area (Å²) in [7, 11) is -2.27. The summed E-state index contributed by atoms with van der Waals surface area (Å²) >= 11 is 0. The SMILES string of the molecule is CC(C)(C)[Si](C)(C)O[C@H](C=O)[C@H](Cc1cccc(F)c1)NC(=O)O. The van der Waals surface area contributed by atoms with Gasteiger partial charge in [0.25, 0.3) is 0 Å². The van der Waals surface area contributed by atoms with Crippen LogP contribution >= 0.6 is 0 Å². The molecule has 0 heterocycles. The zero-order valence-corrected chi connectivity index (χ0v) is 15.8. The number of amides is 1. The number of hydrogen-bond acceptors (Lipinski definition) is 3. The zero-order chi connectivity index (χ0) is 18.5. The lowest BCUT2D eigenvalue weighted by Gasteiger charge is -2.39. The molecule has 2 atom stereocenters. The second-order valence-corrected chi connectivity index (χ2v) is 12.1. The third-order valence-corrected chi connectivity index (χ3v) is 8.89. The minimum Gasteiger partial charge on any atom is -0.465 e. The average molecular weight is 355 g/mol. The molecule has 0 aliphatic rings. The largest absolute Gasteiger partial charge is 0.465 e. The van der Waals surface area contributed by atoms with E-state index in [4.69, 9.17) is 9.53 Å². The van der Waals surface area contributed by atoms with Crippen LogP contribution in [0.25, 0.3) is 0 Å². The summed E-state index contributed by atoms with van der Waals surface area (Å²) in [5.41, 5.74) is 0.597. The number of aldehydes is 1. The molecule has 1 aromatic carbocycles. The molecule has 0 aliphatic carbocycles. The fourth-order valence-electron chi connectivity index (χ4n) is 2.05. The maximum atomic E-state index is 13.4. The van der Waals surface area contributed by atoms with E-state index in [2.05, 4.69) is 5.32 Å². The smallest absolute Gasteiger partial charge is 0.404 e. The van der Waals surface area contributed by atoms with E-state index < -0.39 is 32.4 Å². The molecule has 0 unspecified atom stereocenters. The van der Waals surface area contributed by atoms with Gasteiger partial charge in [0.2, 0.25) is 0 Å². The third kappa shape index (κ3) is 5.72. The van der Waals surface area contributed by atoms with Crippen molar-refractivity contribution >= 4 is 20.7 Å². The number of rotatable bonds is 7. The van der Waals surface area contributed by atoms with Crippen LogP contribution < -0.4 is 5.32 Å². The fourth-order valence-corrected chi connectivity index (χ4v) is 3.30. The topological polar surface area (TPSA) is 75.6 Å². The van der Waals surface area contributed by atoms with Crippen molar-refractivity contribution in [2.45, 2.75) is 57.5 Å².